The van der Waals surface area contributed by atoms with Gasteiger partial charge in [-0.15, -0.1) is 11.3 Å². The van der Waals surface area contributed by atoms with E-state index in [-0.39, 0.29) is 11.6 Å². The van der Waals surface area contributed by atoms with Crippen molar-refractivity contribution < 1.29 is 13.9 Å². The Bertz CT molecular complexity index is 691. The number of hydrogen-bond donors (Lipinski definition) is 1. The average molecular weight is 335 g/mol. The zero-order valence-electron chi connectivity index (χ0n) is 12.6. The molecule has 2 aromatic rings. The van der Waals surface area contributed by atoms with Gasteiger partial charge in [-0.3, -0.25) is 4.79 Å². The smallest absolute Gasteiger partial charge is 0.268 e. The highest BCUT2D eigenvalue weighted by molar-refractivity contribution is 7.13. The molecule has 0 saturated carbocycles. The fourth-order valence-corrected chi connectivity index (χ4v) is 3.52. The van der Waals surface area contributed by atoms with E-state index in [1.54, 1.807) is 23.6 Å². The summed E-state index contributed by atoms with van der Waals surface area (Å²) in [6.07, 6.45) is 2.04. The molecular formula is C16H18FN3O2S. The quantitative estimate of drug-likeness (QED) is 0.912. The molecule has 1 atom stereocenters. The molecule has 0 radical (unpaired) electrons. The molecule has 7 heteroatoms. The molecule has 122 valence electrons. The minimum atomic E-state index is -0.510. The van der Waals surface area contributed by atoms with E-state index in [1.165, 1.54) is 17.4 Å². The third-order valence-corrected chi connectivity index (χ3v) is 4.75. The number of piperidine rings is 1. The maximum absolute atomic E-state index is 13.6. The van der Waals surface area contributed by atoms with Crippen molar-refractivity contribution in [2.24, 2.45) is 11.7 Å². The number of carbonyl (C=O) groups is 1. The van der Waals surface area contributed by atoms with Gasteiger partial charge < -0.3 is 15.4 Å². The first-order valence-electron chi connectivity index (χ1n) is 7.51. The Kier molecular flexibility index (Phi) is 4.76. The minimum absolute atomic E-state index is 0.287. The second-order valence-corrected chi connectivity index (χ2v) is 6.41. The Labute approximate surface area is 137 Å². The largest absolute Gasteiger partial charge is 0.490 e. The number of amides is 1. The third kappa shape index (κ3) is 3.79. The van der Waals surface area contributed by atoms with E-state index < -0.39 is 5.91 Å². The van der Waals surface area contributed by atoms with Crippen LogP contribution in [-0.2, 0) is 0 Å². The van der Waals surface area contributed by atoms with E-state index in [9.17, 15) is 9.18 Å². The van der Waals surface area contributed by atoms with Crippen LogP contribution < -0.4 is 15.4 Å². The molecule has 0 bridgehead atoms. The van der Waals surface area contributed by atoms with Crippen molar-refractivity contribution in [2.75, 3.05) is 24.6 Å². The second kappa shape index (κ2) is 6.95. The molecule has 1 aliphatic heterocycles. The number of primary amides is 1. The maximum Gasteiger partial charge on any atom is 0.268 e. The molecule has 1 amide bonds. The Hall–Kier alpha value is -2.15. The van der Waals surface area contributed by atoms with Crippen molar-refractivity contribution in [3.63, 3.8) is 0 Å². The van der Waals surface area contributed by atoms with Crippen LogP contribution in [0.15, 0.2) is 29.6 Å². The lowest BCUT2D eigenvalue weighted by Gasteiger charge is -2.32. The molecule has 1 aliphatic rings. The number of thiazole rings is 1. The topological polar surface area (TPSA) is 68.5 Å². The predicted molar refractivity (Wildman–Crippen MR) is 87.5 cm³/mol. The lowest BCUT2D eigenvalue weighted by Crippen LogP contribution is -2.37. The number of nitrogens with two attached hydrogens (primary N) is 1. The Balaban J connectivity index is 1.59. The first-order chi connectivity index (χ1) is 11.1. The second-order valence-electron chi connectivity index (χ2n) is 5.58. The molecule has 23 heavy (non-hydrogen) atoms. The summed E-state index contributed by atoms with van der Waals surface area (Å²) in [4.78, 5) is 17.5. The van der Waals surface area contributed by atoms with Crippen LogP contribution in [0.2, 0.25) is 0 Å². The fraction of sp³-hybridized carbons (Fsp3) is 0.375. The summed E-state index contributed by atoms with van der Waals surface area (Å²) in [6, 6.07) is 6.43. The van der Waals surface area contributed by atoms with Crippen LogP contribution in [0.1, 0.15) is 23.3 Å². The number of benzene rings is 1. The number of ether oxygens (including phenoxy) is 1. The van der Waals surface area contributed by atoms with Gasteiger partial charge >= 0.3 is 0 Å². The molecular weight excluding hydrogens is 317 g/mol. The first kappa shape index (κ1) is 15.7. The summed E-state index contributed by atoms with van der Waals surface area (Å²) in [5.41, 5.74) is 5.54. The lowest BCUT2D eigenvalue weighted by molar-refractivity contribution is 0.0996. The molecule has 1 aromatic carbocycles. The Morgan fingerprint density at radius 1 is 1.48 bits per heavy atom. The Morgan fingerprint density at radius 2 is 2.30 bits per heavy atom. The summed E-state index contributed by atoms with van der Waals surface area (Å²) in [7, 11) is 0. The van der Waals surface area contributed by atoms with Gasteiger partial charge in [0.2, 0.25) is 0 Å². The summed E-state index contributed by atoms with van der Waals surface area (Å²) < 4.78 is 19.2. The number of carbonyl (C=O) groups excluding carboxylic acids is 1. The summed E-state index contributed by atoms with van der Waals surface area (Å²) in [5.74, 6) is -0.269. The van der Waals surface area contributed by atoms with Crippen molar-refractivity contribution in [3.8, 4) is 5.75 Å². The summed E-state index contributed by atoms with van der Waals surface area (Å²) in [6.45, 7) is 2.13. The van der Waals surface area contributed by atoms with E-state index in [0.29, 0.717) is 18.2 Å². The molecule has 0 aliphatic carbocycles. The van der Waals surface area contributed by atoms with Crippen molar-refractivity contribution in [1.29, 1.82) is 0 Å². The zero-order chi connectivity index (χ0) is 16.2. The molecule has 3 rings (SSSR count). The molecule has 0 spiro atoms. The van der Waals surface area contributed by atoms with Gasteiger partial charge in [0.15, 0.2) is 16.7 Å². The van der Waals surface area contributed by atoms with Crippen LogP contribution in [0, 0.1) is 11.7 Å². The molecule has 0 unspecified atom stereocenters. The number of para-hydroxylation sites is 1. The van der Waals surface area contributed by atoms with Gasteiger partial charge in [0, 0.05) is 24.4 Å². The number of halogens is 1. The van der Waals surface area contributed by atoms with Gasteiger partial charge in [0.1, 0.15) is 5.69 Å². The zero-order valence-corrected chi connectivity index (χ0v) is 13.4. The van der Waals surface area contributed by atoms with E-state index in [2.05, 4.69) is 9.88 Å². The highest BCUT2D eigenvalue weighted by atomic mass is 32.1. The van der Waals surface area contributed by atoms with Crippen LogP contribution in [0.3, 0.4) is 0 Å². The molecule has 1 fully saturated rings. The number of nitrogens with zero attached hydrogens (tertiary/aromatic N) is 2. The van der Waals surface area contributed by atoms with Gasteiger partial charge in [-0.2, -0.15) is 0 Å². The van der Waals surface area contributed by atoms with Crippen LogP contribution in [0.4, 0.5) is 9.52 Å². The van der Waals surface area contributed by atoms with Crippen molar-refractivity contribution in [2.45, 2.75) is 12.8 Å². The summed E-state index contributed by atoms with van der Waals surface area (Å²) in [5, 5.41) is 2.48. The predicted octanol–water partition coefficient (Wildman–Crippen LogP) is 2.68. The fourth-order valence-electron chi connectivity index (χ4n) is 2.67. The molecule has 2 N–H and O–H groups in total. The van der Waals surface area contributed by atoms with Gasteiger partial charge in [-0.05, 0) is 25.0 Å². The first-order valence-corrected chi connectivity index (χ1v) is 8.39. The van der Waals surface area contributed by atoms with Gasteiger partial charge in [-0.1, -0.05) is 12.1 Å². The number of anilines is 1. The van der Waals surface area contributed by atoms with Crippen LogP contribution in [0.25, 0.3) is 0 Å². The van der Waals surface area contributed by atoms with E-state index >= 15 is 0 Å². The number of aromatic nitrogens is 1. The van der Waals surface area contributed by atoms with Crippen molar-refractivity contribution in [3.05, 3.63) is 41.2 Å². The molecule has 1 saturated heterocycles. The standard InChI is InChI=1S/C16H18FN3O2S/c17-12-5-1-2-6-14(12)22-9-11-4-3-7-20(8-11)16-19-13(10-23-16)15(18)21/h1-2,5-6,10-11H,3-4,7-9H2,(H2,18,21)/t11-/m0/s1. The third-order valence-electron chi connectivity index (χ3n) is 3.85. The minimum Gasteiger partial charge on any atom is -0.490 e. The van der Waals surface area contributed by atoms with Crippen LogP contribution >= 0.6 is 11.3 Å². The highest BCUT2D eigenvalue weighted by Crippen LogP contribution is 2.27. The van der Waals surface area contributed by atoms with E-state index in [1.807, 2.05) is 0 Å². The van der Waals surface area contributed by atoms with Crippen LogP contribution in [-0.4, -0.2) is 30.6 Å². The highest BCUT2D eigenvalue weighted by Gasteiger charge is 2.23. The maximum atomic E-state index is 13.6. The van der Waals surface area contributed by atoms with Crippen LogP contribution in [0.5, 0.6) is 5.75 Å². The molecule has 1 aromatic heterocycles. The van der Waals surface area contributed by atoms with Gasteiger partial charge in [0.05, 0.1) is 6.61 Å². The van der Waals surface area contributed by atoms with E-state index in [0.717, 1.165) is 31.1 Å². The summed E-state index contributed by atoms with van der Waals surface area (Å²) >= 11 is 1.42. The van der Waals surface area contributed by atoms with Crippen molar-refractivity contribution in [1.82, 2.24) is 4.98 Å². The number of rotatable bonds is 5. The van der Waals surface area contributed by atoms with Crippen molar-refractivity contribution >= 4 is 22.4 Å². The SMILES string of the molecule is NC(=O)c1csc(N2CCC[C@H](COc3ccccc3F)C2)n1. The number of hydrogen-bond acceptors (Lipinski definition) is 5. The lowest BCUT2D eigenvalue weighted by atomic mass is 9.99. The normalized spacial score (nSPS) is 18.0. The Morgan fingerprint density at radius 3 is 3.04 bits per heavy atom. The molecule has 5 nitrogen and oxygen atoms in total. The van der Waals surface area contributed by atoms with Gasteiger partial charge in [-0.25, -0.2) is 9.37 Å². The molecule has 2 heterocycles. The monoisotopic (exact) mass is 335 g/mol. The van der Waals surface area contributed by atoms with Gasteiger partial charge in [0.25, 0.3) is 5.91 Å². The van der Waals surface area contributed by atoms with E-state index in [4.69, 9.17) is 10.5 Å². The average Bonchev–Trinajstić information content (AvgIpc) is 3.05.